The Labute approximate surface area is 171 Å². The van der Waals surface area contributed by atoms with Gasteiger partial charge >= 0.3 is 6.18 Å². The van der Waals surface area contributed by atoms with E-state index in [1.165, 1.54) is 0 Å². The van der Waals surface area contributed by atoms with Crippen LogP contribution in [0.2, 0.25) is 0 Å². The fourth-order valence-electron chi connectivity index (χ4n) is 2.44. The van der Waals surface area contributed by atoms with Gasteiger partial charge < -0.3 is 15.7 Å². The zero-order valence-electron chi connectivity index (χ0n) is 14.2. The second-order valence-corrected chi connectivity index (χ2v) is 6.98. The second-order valence-electron chi connectivity index (χ2n) is 5.87. The molecule has 0 radical (unpaired) electrons. The molecular weight excluding hydrogens is 485 g/mol. The highest BCUT2D eigenvalue weighted by Gasteiger charge is 2.34. The van der Waals surface area contributed by atoms with Crippen molar-refractivity contribution in [1.82, 2.24) is 10.6 Å². The number of rotatable bonds is 5. The van der Waals surface area contributed by atoms with Gasteiger partial charge in [0.25, 0.3) is 0 Å². The summed E-state index contributed by atoms with van der Waals surface area (Å²) in [5, 5.41) is 16.2. The molecule has 0 aliphatic carbocycles. The van der Waals surface area contributed by atoms with Gasteiger partial charge in [0, 0.05) is 18.8 Å². The third-order valence-corrected chi connectivity index (χ3v) is 5.03. The van der Waals surface area contributed by atoms with Gasteiger partial charge in [-0.3, -0.25) is 0 Å². The summed E-state index contributed by atoms with van der Waals surface area (Å²) in [6.45, 7) is 2.37. The van der Waals surface area contributed by atoms with Crippen LogP contribution in [0.1, 0.15) is 24.5 Å². The summed E-state index contributed by atoms with van der Waals surface area (Å²) in [7, 11) is 0. The van der Waals surface area contributed by atoms with Gasteiger partial charge in [-0.1, -0.05) is 6.07 Å². The molecule has 0 amide bonds. The summed E-state index contributed by atoms with van der Waals surface area (Å²) in [5.41, 5.74) is -1.98. The Balaban J connectivity index is 0.00000338. The van der Waals surface area contributed by atoms with E-state index >= 15 is 0 Å². The molecule has 0 spiro atoms. The van der Waals surface area contributed by atoms with Crippen molar-refractivity contribution < 1.29 is 22.7 Å². The maximum atomic E-state index is 13.1. The number of aliphatic imine (C=N–C) groups is 1. The van der Waals surface area contributed by atoms with E-state index in [9.17, 15) is 22.7 Å². The Kier molecular flexibility index (Phi) is 8.94. The molecule has 1 aliphatic heterocycles. The molecule has 3 N–H and O–H groups in total. The molecule has 1 aromatic rings. The fraction of sp³-hybridized carbons (Fsp3) is 0.562. The van der Waals surface area contributed by atoms with Gasteiger partial charge in [-0.15, -0.1) is 24.0 Å². The van der Waals surface area contributed by atoms with E-state index in [1.54, 1.807) is 11.8 Å². The smallest absolute Gasteiger partial charge is 0.387 e. The third-order valence-electron chi connectivity index (χ3n) is 3.80. The molecule has 26 heavy (non-hydrogen) atoms. The Morgan fingerprint density at radius 3 is 2.65 bits per heavy atom. The van der Waals surface area contributed by atoms with Gasteiger partial charge in [0.1, 0.15) is 5.82 Å². The lowest BCUT2D eigenvalue weighted by Crippen LogP contribution is -2.47. The van der Waals surface area contributed by atoms with Gasteiger partial charge in [-0.25, -0.2) is 9.38 Å². The average Bonchev–Trinajstić information content (AvgIpc) is 2.97. The molecule has 2 rings (SSSR count). The van der Waals surface area contributed by atoms with E-state index in [0.717, 1.165) is 17.9 Å². The average molecular weight is 507 g/mol. The molecule has 0 saturated carbocycles. The number of nitrogens with one attached hydrogen (secondary N) is 2. The Morgan fingerprint density at radius 1 is 1.35 bits per heavy atom. The summed E-state index contributed by atoms with van der Waals surface area (Å²) >= 11 is 1.65. The number of aliphatic hydroxyl groups is 1. The van der Waals surface area contributed by atoms with Gasteiger partial charge in [0.15, 0.2) is 5.96 Å². The highest BCUT2D eigenvalue weighted by Crippen LogP contribution is 2.33. The Morgan fingerprint density at radius 2 is 2.08 bits per heavy atom. The molecule has 1 fully saturated rings. The number of hydrogen-bond acceptors (Lipinski definition) is 3. The molecule has 1 aromatic carbocycles. The summed E-state index contributed by atoms with van der Waals surface area (Å²) in [6, 6.07) is 2.55. The highest BCUT2D eigenvalue weighted by atomic mass is 127. The SMILES string of the molecule is CCNC(=NCc1ccc(F)cc1C(F)(F)F)NCC1(O)CCSC1.I. The lowest BCUT2D eigenvalue weighted by atomic mass is 10.0. The lowest BCUT2D eigenvalue weighted by molar-refractivity contribution is -0.138. The molecule has 148 valence electrons. The topological polar surface area (TPSA) is 56.7 Å². The lowest BCUT2D eigenvalue weighted by Gasteiger charge is -2.23. The predicted octanol–water partition coefficient (Wildman–Crippen LogP) is 3.39. The van der Waals surface area contributed by atoms with Crippen LogP contribution >= 0.6 is 35.7 Å². The molecule has 10 heteroatoms. The maximum Gasteiger partial charge on any atom is 0.416 e. The molecule has 1 atom stereocenters. The Bertz CT molecular complexity index is 622. The number of nitrogens with zero attached hydrogens (tertiary/aromatic N) is 1. The van der Waals surface area contributed by atoms with Crippen molar-refractivity contribution in [2.45, 2.75) is 31.7 Å². The van der Waals surface area contributed by atoms with E-state index in [1.807, 2.05) is 6.92 Å². The highest BCUT2D eigenvalue weighted by molar-refractivity contribution is 14.0. The van der Waals surface area contributed by atoms with Crippen molar-refractivity contribution in [3.05, 3.63) is 35.1 Å². The molecule has 1 aliphatic rings. The van der Waals surface area contributed by atoms with Gasteiger partial charge in [0.2, 0.25) is 0 Å². The minimum absolute atomic E-state index is 0. The minimum Gasteiger partial charge on any atom is -0.387 e. The summed E-state index contributed by atoms with van der Waals surface area (Å²) in [5.74, 6) is 0.850. The zero-order chi connectivity index (χ0) is 18.5. The van der Waals surface area contributed by atoms with Crippen LogP contribution in [-0.2, 0) is 12.7 Å². The molecule has 0 bridgehead atoms. The van der Waals surface area contributed by atoms with Crippen molar-refractivity contribution in [1.29, 1.82) is 0 Å². The van der Waals surface area contributed by atoms with Crippen molar-refractivity contribution in [3.63, 3.8) is 0 Å². The van der Waals surface area contributed by atoms with E-state index in [4.69, 9.17) is 0 Å². The molecule has 0 aromatic heterocycles. The van der Waals surface area contributed by atoms with Crippen molar-refractivity contribution in [2.75, 3.05) is 24.6 Å². The van der Waals surface area contributed by atoms with Crippen LogP contribution in [-0.4, -0.2) is 41.3 Å². The fourth-order valence-corrected chi connectivity index (χ4v) is 3.74. The summed E-state index contributed by atoms with van der Waals surface area (Å²) < 4.78 is 52.2. The summed E-state index contributed by atoms with van der Waals surface area (Å²) in [4.78, 5) is 4.13. The van der Waals surface area contributed by atoms with Gasteiger partial charge in [-0.05, 0) is 36.8 Å². The van der Waals surface area contributed by atoms with E-state index in [-0.39, 0.29) is 42.6 Å². The summed E-state index contributed by atoms with van der Waals surface area (Å²) in [6.07, 6.45) is -3.99. The molecule has 1 heterocycles. The van der Waals surface area contributed by atoms with Crippen LogP contribution in [0.25, 0.3) is 0 Å². The number of thioether (sulfide) groups is 1. The minimum atomic E-state index is -4.64. The van der Waals surface area contributed by atoms with E-state index < -0.39 is 23.2 Å². The third kappa shape index (κ3) is 6.76. The largest absolute Gasteiger partial charge is 0.416 e. The predicted molar refractivity (Wildman–Crippen MR) is 107 cm³/mol. The number of hydrogen-bond donors (Lipinski definition) is 3. The van der Waals surface area contributed by atoms with Crippen LogP contribution in [0.5, 0.6) is 0 Å². The first-order valence-corrected chi connectivity index (χ1v) is 9.07. The van der Waals surface area contributed by atoms with Crippen molar-refractivity contribution in [2.24, 2.45) is 4.99 Å². The quantitative estimate of drug-likeness (QED) is 0.248. The van der Waals surface area contributed by atoms with Crippen LogP contribution in [0.4, 0.5) is 17.6 Å². The molecular formula is C16H22F4IN3OS. The molecule has 4 nitrogen and oxygen atoms in total. The van der Waals surface area contributed by atoms with Crippen LogP contribution in [0.15, 0.2) is 23.2 Å². The van der Waals surface area contributed by atoms with Crippen molar-refractivity contribution >= 4 is 41.7 Å². The second kappa shape index (κ2) is 9.98. The number of benzene rings is 1. The van der Waals surface area contributed by atoms with E-state index in [2.05, 4.69) is 15.6 Å². The van der Waals surface area contributed by atoms with Crippen LogP contribution in [0, 0.1) is 5.82 Å². The number of alkyl halides is 3. The number of guanidine groups is 1. The number of halogens is 5. The Hall–Kier alpha value is -0.750. The monoisotopic (exact) mass is 507 g/mol. The maximum absolute atomic E-state index is 13.1. The standard InChI is InChI=1S/C16H21F4N3OS.HI/c1-2-21-14(23-9-15(24)5-6-25-10-15)22-8-11-3-4-12(17)7-13(11)16(18,19)20;/h3-4,7,24H,2,5-6,8-10H2,1H3,(H2,21,22,23);1H. The van der Waals surface area contributed by atoms with Crippen LogP contribution < -0.4 is 10.6 Å². The van der Waals surface area contributed by atoms with Gasteiger partial charge in [-0.2, -0.15) is 24.9 Å². The first-order valence-electron chi connectivity index (χ1n) is 7.91. The first kappa shape index (κ1) is 23.3. The van der Waals surface area contributed by atoms with E-state index in [0.29, 0.717) is 30.7 Å². The van der Waals surface area contributed by atoms with Crippen molar-refractivity contribution in [3.8, 4) is 0 Å². The molecule has 1 saturated heterocycles. The normalized spacial score (nSPS) is 20.6. The first-order chi connectivity index (χ1) is 11.7. The van der Waals surface area contributed by atoms with Gasteiger partial charge in [0.05, 0.1) is 17.7 Å². The van der Waals surface area contributed by atoms with Crippen LogP contribution in [0.3, 0.4) is 0 Å². The zero-order valence-corrected chi connectivity index (χ0v) is 17.3. The molecule has 1 unspecified atom stereocenters.